The van der Waals surface area contributed by atoms with E-state index in [2.05, 4.69) is 0 Å². The summed E-state index contributed by atoms with van der Waals surface area (Å²) in [5.74, 6) is 0.455. The fourth-order valence-corrected chi connectivity index (χ4v) is 1.36. The molecule has 0 aromatic heterocycles. The van der Waals surface area contributed by atoms with Gasteiger partial charge in [-0.05, 0) is 36.1 Å². The van der Waals surface area contributed by atoms with Gasteiger partial charge in [-0.1, -0.05) is 13.0 Å². The third kappa shape index (κ3) is 2.58. The average Bonchev–Trinajstić information content (AvgIpc) is 2.03. The molecule has 0 aliphatic heterocycles. The van der Waals surface area contributed by atoms with Crippen LogP contribution in [0.15, 0.2) is 18.2 Å². The van der Waals surface area contributed by atoms with E-state index in [9.17, 15) is 9.90 Å². The molecule has 70 valence electrons. The van der Waals surface area contributed by atoms with E-state index in [1.807, 2.05) is 19.9 Å². The molecule has 0 amide bonds. The number of hydrogen-bond acceptors (Lipinski definition) is 2. The van der Waals surface area contributed by atoms with Gasteiger partial charge in [-0.2, -0.15) is 0 Å². The van der Waals surface area contributed by atoms with Gasteiger partial charge in [-0.25, -0.2) is 0 Å². The highest BCUT2D eigenvalue weighted by atomic mass is 16.3. The fourth-order valence-electron chi connectivity index (χ4n) is 1.36. The van der Waals surface area contributed by atoms with Crippen LogP contribution in [-0.2, 0) is 4.79 Å². The van der Waals surface area contributed by atoms with Crippen LogP contribution in [0.25, 0.3) is 0 Å². The van der Waals surface area contributed by atoms with Gasteiger partial charge in [0.1, 0.15) is 12.0 Å². The largest absolute Gasteiger partial charge is 0.508 e. The van der Waals surface area contributed by atoms with Gasteiger partial charge in [0.2, 0.25) is 0 Å². The molecule has 1 atom stereocenters. The molecular formula is C11H14O2. The number of carbonyl (C=O) groups is 1. The molecule has 0 spiro atoms. The van der Waals surface area contributed by atoms with E-state index in [-0.39, 0.29) is 11.7 Å². The van der Waals surface area contributed by atoms with Crippen molar-refractivity contribution in [3.05, 3.63) is 29.3 Å². The topological polar surface area (TPSA) is 37.3 Å². The summed E-state index contributed by atoms with van der Waals surface area (Å²) >= 11 is 0. The van der Waals surface area contributed by atoms with Crippen molar-refractivity contribution < 1.29 is 9.90 Å². The van der Waals surface area contributed by atoms with Gasteiger partial charge in [0, 0.05) is 6.42 Å². The normalized spacial score (nSPS) is 12.5. The Bertz CT molecular complexity index is 285. The summed E-state index contributed by atoms with van der Waals surface area (Å²) < 4.78 is 0. The Morgan fingerprint density at radius 1 is 1.46 bits per heavy atom. The molecule has 0 heterocycles. The van der Waals surface area contributed by atoms with Gasteiger partial charge in [-0.15, -0.1) is 0 Å². The van der Waals surface area contributed by atoms with Crippen LogP contribution in [0.4, 0.5) is 0 Å². The summed E-state index contributed by atoms with van der Waals surface area (Å²) in [5.41, 5.74) is 2.04. The molecule has 0 aliphatic carbocycles. The maximum atomic E-state index is 10.3. The van der Waals surface area contributed by atoms with Crippen LogP contribution in [0, 0.1) is 6.92 Å². The quantitative estimate of drug-likeness (QED) is 0.721. The number of phenolic OH excluding ortho intramolecular Hbond substituents is 1. The fraction of sp³-hybridized carbons (Fsp3) is 0.364. The Kier molecular flexibility index (Phi) is 3.07. The van der Waals surface area contributed by atoms with Gasteiger partial charge in [-0.3, -0.25) is 0 Å². The predicted molar refractivity (Wildman–Crippen MR) is 51.9 cm³/mol. The lowest BCUT2D eigenvalue weighted by Crippen LogP contribution is -1.94. The second-order valence-electron chi connectivity index (χ2n) is 3.41. The highest BCUT2D eigenvalue weighted by Gasteiger charge is 2.05. The van der Waals surface area contributed by atoms with E-state index in [1.165, 1.54) is 0 Å². The standard InChI is InChI=1S/C11H14O2/c1-8-5-10(7-11(13)6-8)9(2)3-4-12/h4-7,9,13H,3H2,1-2H3. The second-order valence-corrected chi connectivity index (χ2v) is 3.41. The van der Waals surface area contributed by atoms with Crippen LogP contribution in [0.2, 0.25) is 0 Å². The van der Waals surface area contributed by atoms with Gasteiger partial charge in [0.05, 0.1) is 0 Å². The smallest absolute Gasteiger partial charge is 0.120 e. The van der Waals surface area contributed by atoms with Crippen LogP contribution in [0.5, 0.6) is 5.75 Å². The zero-order valence-electron chi connectivity index (χ0n) is 7.95. The van der Waals surface area contributed by atoms with Crippen LogP contribution >= 0.6 is 0 Å². The number of rotatable bonds is 3. The van der Waals surface area contributed by atoms with Crippen molar-refractivity contribution in [3.63, 3.8) is 0 Å². The van der Waals surface area contributed by atoms with Crippen molar-refractivity contribution in [1.82, 2.24) is 0 Å². The zero-order chi connectivity index (χ0) is 9.84. The average molecular weight is 178 g/mol. The van der Waals surface area contributed by atoms with E-state index >= 15 is 0 Å². The van der Waals surface area contributed by atoms with E-state index < -0.39 is 0 Å². The molecule has 0 aliphatic rings. The molecule has 13 heavy (non-hydrogen) atoms. The first kappa shape index (κ1) is 9.78. The van der Waals surface area contributed by atoms with E-state index in [0.29, 0.717) is 6.42 Å². The minimum atomic E-state index is 0.184. The number of aromatic hydroxyl groups is 1. The number of carbonyl (C=O) groups excluding carboxylic acids is 1. The van der Waals surface area contributed by atoms with Gasteiger partial charge in [0.15, 0.2) is 0 Å². The van der Waals surface area contributed by atoms with Gasteiger partial charge >= 0.3 is 0 Å². The second kappa shape index (κ2) is 4.08. The van der Waals surface area contributed by atoms with E-state index in [4.69, 9.17) is 0 Å². The van der Waals surface area contributed by atoms with Crippen molar-refractivity contribution in [3.8, 4) is 5.75 Å². The van der Waals surface area contributed by atoms with Crippen molar-refractivity contribution in [2.75, 3.05) is 0 Å². The van der Waals surface area contributed by atoms with Crippen molar-refractivity contribution in [2.45, 2.75) is 26.2 Å². The molecule has 0 saturated carbocycles. The van der Waals surface area contributed by atoms with Crippen LogP contribution in [0.3, 0.4) is 0 Å². The summed E-state index contributed by atoms with van der Waals surface area (Å²) in [6, 6.07) is 5.41. The molecule has 1 aromatic rings. The number of hydrogen-bond donors (Lipinski definition) is 1. The molecule has 0 bridgehead atoms. The molecule has 2 nitrogen and oxygen atoms in total. The Balaban J connectivity index is 2.93. The minimum Gasteiger partial charge on any atom is -0.508 e. The predicted octanol–water partition coefficient (Wildman–Crippen LogP) is 2.39. The highest BCUT2D eigenvalue weighted by Crippen LogP contribution is 2.23. The number of aryl methyl sites for hydroxylation is 1. The molecule has 1 unspecified atom stereocenters. The summed E-state index contributed by atoms with van der Waals surface area (Å²) in [7, 11) is 0. The minimum absolute atomic E-state index is 0.184. The van der Waals surface area contributed by atoms with Crippen LogP contribution in [-0.4, -0.2) is 11.4 Å². The van der Waals surface area contributed by atoms with Gasteiger partial charge in [0.25, 0.3) is 0 Å². The Morgan fingerprint density at radius 3 is 2.69 bits per heavy atom. The lowest BCUT2D eigenvalue weighted by Gasteiger charge is -2.09. The first-order valence-corrected chi connectivity index (χ1v) is 4.37. The Morgan fingerprint density at radius 2 is 2.15 bits per heavy atom. The Hall–Kier alpha value is -1.31. The maximum Gasteiger partial charge on any atom is 0.120 e. The number of aldehydes is 1. The summed E-state index contributed by atoms with van der Waals surface area (Å²) in [6.45, 7) is 3.90. The van der Waals surface area contributed by atoms with E-state index in [0.717, 1.165) is 17.4 Å². The Labute approximate surface area is 78.2 Å². The summed E-state index contributed by atoms with van der Waals surface area (Å²) in [4.78, 5) is 10.3. The molecule has 0 radical (unpaired) electrons. The van der Waals surface area contributed by atoms with Crippen molar-refractivity contribution in [2.24, 2.45) is 0 Å². The lowest BCUT2D eigenvalue weighted by molar-refractivity contribution is -0.108. The van der Waals surface area contributed by atoms with Crippen LogP contribution in [0.1, 0.15) is 30.4 Å². The van der Waals surface area contributed by atoms with Crippen molar-refractivity contribution >= 4 is 6.29 Å². The summed E-state index contributed by atoms with van der Waals surface area (Å²) in [6.07, 6.45) is 1.41. The van der Waals surface area contributed by atoms with Gasteiger partial charge < -0.3 is 9.90 Å². The molecule has 2 heteroatoms. The summed E-state index contributed by atoms with van der Waals surface area (Å²) in [5, 5.41) is 9.32. The third-order valence-corrected chi connectivity index (χ3v) is 2.10. The zero-order valence-corrected chi connectivity index (χ0v) is 7.95. The first-order valence-electron chi connectivity index (χ1n) is 4.37. The molecule has 0 fully saturated rings. The molecule has 0 saturated heterocycles. The van der Waals surface area contributed by atoms with Crippen molar-refractivity contribution in [1.29, 1.82) is 0 Å². The number of benzene rings is 1. The number of phenols is 1. The highest BCUT2D eigenvalue weighted by molar-refractivity contribution is 5.52. The molecule has 1 rings (SSSR count). The SMILES string of the molecule is Cc1cc(O)cc(C(C)CC=O)c1. The molecule has 1 aromatic carbocycles. The molecule has 1 N–H and O–H groups in total. The van der Waals surface area contributed by atoms with E-state index in [1.54, 1.807) is 12.1 Å². The molecular weight excluding hydrogens is 164 g/mol. The lowest BCUT2D eigenvalue weighted by atomic mass is 9.97. The van der Waals surface area contributed by atoms with Crippen LogP contribution < -0.4 is 0 Å². The monoisotopic (exact) mass is 178 g/mol. The third-order valence-electron chi connectivity index (χ3n) is 2.10. The first-order chi connectivity index (χ1) is 6.13. The maximum absolute atomic E-state index is 10.3.